The fourth-order valence-corrected chi connectivity index (χ4v) is 3.62. The van der Waals surface area contributed by atoms with Crippen LogP contribution in [0, 0.1) is 24.1 Å². The van der Waals surface area contributed by atoms with Gasteiger partial charge in [-0.2, -0.15) is 5.26 Å². The van der Waals surface area contributed by atoms with Crippen molar-refractivity contribution in [2.75, 3.05) is 0 Å². The molecule has 0 N–H and O–H groups in total. The maximum atomic E-state index is 12.8. The average Bonchev–Trinajstić information content (AvgIpc) is 2.82. The Morgan fingerprint density at radius 2 is 1.90 bits per heavy atom. The van der Waals surface area contributed by atoms with Gasteiger partial charge in [0, 0.05) is 9.75 Å². The molecule has 0 unspecified atom stereocenters. The maximum absolute atomic E-state index is 12.8. The second kappa shape index (κ2) is 5.57. The Labute approximate surface area is 120 Å². The van der Waals surface area contributed by atoms with Gasteiger partial charge in [0.1, 0.15) is 11.9 Å². The molecule has 0 bridgehead atoms. The summed E-state index contributed by atoms with van der Waals surface area (Å²) in [6, 6.07) is 9.69. The number of halogens is 1. The molecule has 6 heteroatoms. The van der Waals surface area contributed by atoms with Crippen molar-refractivity contribution < 1.29 is 12.8 Å². The first-order valence-electron chi connectivity index (χ1n) is 5.62. The lowest BCUT2D eigenvalue weighted by Gasteiger charge is -2.02. The molecule has 1 aromatic carbocycles. The molecule has 0 saturated heterocycles. The molecular formula is C14H10FNO2S2. The van der Waals surface area contributed by atoms with E-state index in [1.54, 1.807) is 12.1 Å². The van der Waals surface area contributed by atoms with Gasteiger partial charge in [0.25, 0.3) is 0 Å². The minimum Gasteiger partial charge on any atom is -0.218 e. The molecule has 2 rings (SSSR count). The van der Waals surface area contributed by atoms with Gasteiger partial charge in [-0.15, -0.1) is 11.3 Å². The van der Waals surface area contributed by atoms with Gasteiger partial charge in [0.2, 0.25) is 9.84 Å². The lowest BCUT2D eigenvalue weighted by molar-refractivity contribution is 0.601. The largest absolute Gasteiger partial charge is 0.218 e. The third-order valence-corrected chi connectivity index (χ3v) is 5.19. The van der Waals surface area contributed by atoms with Crippen LogP contribution in [0.2, 0.25) is 0 Å². The van der Waals surface area contributed by atoms with Gasteiger partial charge < -0.3 is 0 Å². The van der Waals surface area contributed by atoms with Gasteiger partial charge in [-0.3, -0.25) is 0 Å². The van der Waals surface area contributed by atoms with Crippen LogP contribution in [0.5, 0.6) is 0 Å². The van der Waals surface area contributed by atoms with Crippen LogP contribution < -0.4 is 0 Å². The second-order valence-electron chi connectivity index (χ2n) is 4.03. The molecule has 20 heavy (non-hydrogen) atoms. The van der Waals surface area contributed by atoms with Gasteiger partial charge >= 0.3 is 0 Å². The second-order valence-corrected chi connectivity index (χ2v) is 7.26. The summed E-state index contributed by atoms with van der Waals surface area (Å²) in [5.74, 6) is -0.527. The SMILES string of the molecule is Cc1ccc(/C=C(\C#N)S(=O)(=O)c2ccc(F)cc2)s1. The van der Waals surface area contributed by atoms with E-state index in [4.69, 9.17) is 5.26 Å². The molecule has 1 aromatic heterocycles. The van der Waals surface area contributed by atoms with Crippen molar-refractivity contribution in [3.63, 3.8) is 0 Å². The van der Waals surface area contributed by atoms with E-state index in [9.17, 15) is 12.8 Å². The molecule has 0 fully saturated rings. The fourth-order valence-electron chi connectivity index (χ4n) is 1.57. The van der Waals surface area contributed by atoms with Crippen LogP contribution in [0.4, 0.5) is 4.39 Å². The standard InChI is InChI=1S/C14H10FNO2S2/c1-10-2-5-12(19-10)8-14(9-16)20(17,18)13-6-3-11(15)4-7-13/h2-8H,1H3/b14-8+. The molecule has 1 heterocycles. The summed E-state index contributed by atoms with van der Waals surface area (Å²) in [6.45, 7) is 1.89. The highest BCUT2D eigenvalue weighted by atomic mass is 32.2. The third kappa shape index (κ3) is 2.95. The number of nitriles is 1. The Morgan fingerprint density at radius 1 is 1.25 bits per heavy atom. The zero-order chi connectivity index (χ0) is 14.8. The van der Waals surface area contributed by atoms with E-state index < -0.39 is 15.7 Å². The minimum atomic E-state index is -3.92. The summed E-state index contributed by atoms with van der Waals surface area (Å²) in [5, 5.41) is 9.08. The van der Waals surface area contributed by atoms with Gasteiger partial charge in [0.15, 0.2) is 4.91 Å². The quantitative estimate of drug-likeness (QED) is 0.644. The van der Waals surface area contributed by atoms with Crippen molar-refractivity contribution in [1.82, 2.24) is 0 Å². The molecule has 102 valence electrons. The number of rotatable bonds is 3. The van der Waals surface area contributed by atoms with E-state index in [0.717, 1.165) is 29.1 Å². The predicted molar refractivity (Wildman–Crippen MR) is 76.2 cm³/mol. The molecule has 0 radical (unpaired) electrons. The van der Waals surface area contributed by atoms with E-state index in [0.29, 0.717) is 4.88 Å². The highest BCUT2D eigenvalue weighted by molar-refractivity contribution is 7.95. The number of thiophene rings is 1. The summed E-state index contributed by atoms with van der Waals surface area (Å²) in [5.41, 5.74) is 0. The molecule has 0 atom stereocenters. The average molecular weight is 307 g/mol. The van der Waals surface area contributed by atoms with Gasteiger partial charge in [-0.1, -0.05) is 0 Å². The lowest BCUT2D eigenvalue weighted by atomic mass is 10.3. The minimum absolute atomic E-state index is 0.0972. The number of nitrogens with zero attached hydrogens (tertiary/aromatic N) is 1. The van der Waals surface area contributed by atoms with Crippen LogP contribution in [-0.2, 0) is 9.84 Å². The van der Waals surface area contributed by atoms with Crippen molar-refractivity contribution in [3.8, 4) is 6.07 Å². The van der Waals surface area contributed by atoms with Gasteiger partial charge in [-0.25, -0.2) is 12.8 Å². The Balaban J connectivity index is 2.48. The number of benzene rings is 1. The van der Waals surface area contributed by atoms with E-state index in [2.05, 4.69) is 0 Å². The Morgan fingerprint density at radius 3 is 2.40 bits per heavy atom. The fraction of sp³-hybridized carbons (Fsp3) is 0.0714. The van der Waals surface area contributed by atoms with Crippen LogP contribution in [0.25, 0.3) is 6.08 Å². The summed E-state index contributed by atoms with van der Waals surface area (Å²) in [7, 11) is -3.92. The van der Waals surface area contributed by atoms with Crippen LogP contribution in [-0.4, -0.2) is 8.42 Å². The predicted octanol–water partition coefficient (Wildman–Crippen LogP) is 3.53. The number of sulfone groups is 1. The maximum Gasteiger partial charge on any atom is 0.216 e. The van der Waals surface area contributed by atoms with Crippen molar-refractivity contribution in [2.45, 2.75) is 11.8 Å². The summed E-state index contributed by atoms with van der Waals surface area (Å²) >= 11 is 1.39. The highest BCUT2D eigenvalue weighted by Gasteiger charge is 2.21. The molecule has 0 aliphatic carbocycles. The van der Waals surface area contributed by atoms with Crippen molar-refractivity contribution >= 4 is 27.3 Å². The smallest absolute Gasteiger partial charge is 0.216 e. The van der Waals surface area contributed by atoms with Crippen molar-refractivity contribution in [1.29, 1.82) is 5.26 Å². The highest BCUT2D eigenvalue weighted by Crippen LogP contribution is 2.24. The molecule has 0 spiro atoms. The van der Waals surface area contributed by atoms with Crippen molar-refractivity contribution in [3.05, 3.63) is 56.9 Å². The Bertz CT molecular complexity index is 796. The van der Waals surface area contributed by atoms with Crippen LogP contribution >= 0.6 is 11.3 Å². The lowest BCUT2D eigenvalue weighted by Crippen LogP contribution is -2.03. The topological polar surface area (TPSA) is 57.9 Å². The summed E-state index contributed by atoms with van der Waals surface area (Å²) < 4.78 is 37.4. The molecular weight excluding hydrogens is 297 g/mol. The zero-order valence-electron chi connectivity index (χ0n) is 10.5. The zero-order valence-corrected chi connectivity index (χ0v) is 12.1. The normalized spacial score (nSPS) is 12.2. The third-order valence-electron chi connectivity index (χ3n) is 2.56. The number of hydrogen-bond acceptors (Lipinski definition) is 4. The van der Waals surface area contributed by atoms with Crippen LogP contribution in [0.3, 0.4) is 0 Å². The molecule has 0 aliphatic rings. The molecule has 0 aliphatic heterocycles. The van der Waals surface area contributed by atoms with Crippen LogP contribution in [0.1, 0.15) is 9.75 Å². The van der Waals surface area contributed by atoms with Crippen LogP contribution in [0.15, 0.2) is 46.2 Å². The van der Waals surface area contributed by atoms with Gasteiger partial charge in [0.05, 0.1) is 4.90 Å². The van der Waals surface area contributed by atoms with E-state index in [-0.39, 0.29) is 9.80 Å². The summed E-state index contributed by atoms with van der Waals surface area (Å²) in [4.78, 5) is 1.25. The first-order chi connectivity index (χ1) is 9.43. The summed E-state index contributed by atoms with van der Waals surface area (Å²) in [6.07, 6.45) is 1.33. The van der Waals surface area contributed by atoms with E-state index in [1.807, 2.05) is 13.0 Å². The molecule has 2 aromatic rings. The Kier molecular flexibility index (Phi) is 4.02. The van der Waals surface area contributed by atoms with Crippen molar-refractivity contribution in [2.24, 2.45) is 0 Å². The first-order valence-corrected chi connectivity index (χ1v) is 7.92. The monoisotopic (exact) mass is 307 g/mol. The number of hydrogen-bond donors (Lipinski definition) is 0. The first kappa shape index (κ1) is 14.4. The number of aryl methyl sites for hydroxylation is 1. The molecule has 0 saturated carbocycles. The Hall–Kier alpha value is -1.97. The van der Waals surface area contributed by atoms with E-state index >= 15 is 0 Å². The van der Waals surface area contributed by atoms with Gasteiger partial charge in [-0.05, 0) is 49.4 Å². The number of allylic oxidation sites excluding steroid dienone is 1. The molecule has 0 amide bonds. The molecule has 3 nitrogen and oxygen atoms in total. The van der Waals surface area contributed by atoms with E-state index in [1.165, 1.54) is 17.4 Å².